The summed E-state index contributed by atoms with van der Waals surface area (Å²) in [6.07, 6.45) is 2.96. The third kappa shape index (κ3) is 4.39. The van der Waals surface area contributed by atoms with Crippen LogP contribution in [-0.4, -0.2) is 17.3 Å². The highest BCUT2D eigenvalue weighted by Gasteiger charge is 2.08. The van der Waals surface area contributed by atoms with E-state index in [0.29, 0.717) is 10.6 Å². The van der Waals surface area contributed by atoms with Gasteiger partial charge in [-0.3, -0.25) is 4.21 Å². The van der Waals surface area contributed by atoms with Crippen LogP contribution in [0.1, 0.15) is 11.1 Å². The highest BCUT2D eigenvalue weighted by Crippen LogP contribution is 2.18. The second kappa shape index (κ2) is 7.55. The lowest BCUT2D eigenvalue weighted by Crippen LogP contribution is -1.99. The van der Waals surface area contributed by atoms with Gasteiger partial charge in [0.05, 0.1) is 23.7 Å². The molecule has 0 unspecified atom stereocenters. The summed E-state index contributed by atoms with van der Waals surface area (Å²) in [5, 5.41) is 0. The summed E-state index contributed by atoms with van der Waals surface area (Å²) in [7, 11) is 0.160. The zero-order valence-corrected chi connectivity index (χ0v) is 12.5. The Balaban J connectivity index is 2.21. The van der Waals surface area contributed by atoms with E-state index < -0.39 is 16.8 Å². The molecule has 2 aromatic carbocycles. The number of hydrogen-bond acceptors (Lipinski definition) is 3. The van der Waals surface area contributed by atoms with E-state index in [4.69, 9.17) is 0 Å². The summed E-state index contributed by atoms with van der Waals surface area (Å²) in [6.45, 7) is 0. The molecule has 21 heavy (non-hydrogen) atoms. The molecule has 3 nitrogen and oxygen atoms in total. The summed E-state index contributed by atoms with van der Waals surface area (Å²) in [5.41, 5.74) is 1.78. The topological polar surface area (TPSA) is 43.4 Å². The predicted octanol–water partition coefficient (Wildman–Crippen LogP) is 3.18. The number of esters is 1. The van der Waals surface area contributed by atoms with Crippen molar-refractivity contribution < 1.29 is 13.7 Å². The average Bonchev–Trinajstić information content (AvgIpc) is 2.53. The Bertz CT molecular complexity index is 663. The Morgan fingerprint density at radius 2 is 1.76 bits per heavy atom. The lowest BCUT2D eigenvalue weighted by atomic mass is 10.2. The quantitative estimate of drug-likeness (QED) is 0.629. The first-order valence-corrected chi connectivity index (χ1v) is 7.80. The van der Waals surface area contributed by atoms with Crippen LogP contribution in [0.4, 0.5) is 0 Å². The molecule has 0 aliphatic heterocycles. The highest BCUT2D eigenvalue weighted by atomic mass is 32.2. The first-order valence-electron chi connectivity index (χ1n) is 6.48. The molecule has 0 saturated heterocycles. The van der Waals surface area contributed by atoms with Gasteiger partial charge in [-0.1, -0.05) is 48.5 Å². The van der Waals surface area contributed by atoms with E-state index in [-0.39, 0.29) is 0 Å². The molecule has 0 amide bonds. The summed E-state index contributed by atoms with van der Waals surface area (Å²) < 4.78 is 17.1. The van der Waals surface area contributed by atoms with Crippen molar-refractivity contribution >= 4 is 22.8 Å². The summed E-state index contributed by atoms with van der Waals surface area (Å²) in [6, 6.07) is 17.0. The second-order valence-electron chi connectivity index (χ2n) is 4.37. The van der Waals surface area contributed by atoms with Crippen LogP contribution in [0.3, 0.4) is 0 Å². The van der Waals surface area contributed by atoms with E-state index in [2.05, 4.69) is 4.74 Å². The van der Waals surface area contributed by atoms with E-state index in [9.17, 15) is 9.00 Å². The third-order valence-corrected chi connectivity index (χ3v) is 4.36. The molecule has 2 aromatic rings. The predicted molar refractivity (Wildman–Crippen MR) is 84.0 cm³/mol. The van der Waals surface area contributed by atoms with Crippen molar-refractivity contribution in [2.75, 3.05) is 7.11 Å². The maximum Gasteiger partial charge on any atom is 0.330 e. The van der Waals surface area contributed by atoms with Gasteiger partial charge in [-0.2, -0.15) is 0 Å². The van der Waals surface area contributed by atoms with Gasteiger partial charge in [0, 0.05) is 11.0 Å². The van der Waals surface area contributed by atoms with Crippen LogP contribution in [0.15, 0.2) is 65.6 Å². The summed E-state index contributed by atoms with van der Waals surface area (Å²) in [5.74, 6) is 0.0165. The monoisotopic (exact) mass is 300 g/mol. The van der Waals surface area contributed by atoms with Gasteiger partial charge in [0.15, 0.2) is 0 Å². The minimum absolute atomic E-state index is 0.432. The molecule has 0 aromatic heterocycles. The Hall–Kier alpha value is -2.20. The van der Waals surface area contributed by atoms with Crippen LogP contribution in [-0.2, 0) is 26.1 Å². The molecule has 0 aliphatic rings. The van der Waals surface area contributed by atoms with E-state index in [1.165, 1.54) is 13.2 Å². The maximum atomic E-state index is 12.5. The number of methoxy groups -OCH3 is 1. The van der Waals surface area contributed by atoms with Crippen molar-refractivity contribution in [1.29, 1.82) is 0 Å². The van der Waals surface area contributed by atoms with Crippen molar-refractivity contribution in [1.82, 2.24) is 0 Å². The molecular weight excluding hydrogens is 284 g/mol. The molecule has 0 bridgehead atoms. The number of rotatable bonds is 5. The normalized spacial score (nSPS) is 12.2. The standard InChI is InChI=1S/C17H16O3S/c1-20-17(18)12-11-15-9-5-6-10-16(15)21(19)13-14-7-3-2-4-8-14/h2-12H,13H2,1H3/b12-11+/t21-/m1/s1. The number of carbonyl (C=O) groups is 1. The van der Waals surface area contributed by atoms with Gasteiger partial charge in [0.1, 0.15) is 0 Å². The fraction of sp³-hybridized carbons (Fsp3) is 0.118. The zero-order valence-electron chi connectivity index (χ0n) is 11.7. The molecule has 2 rings (SSSR count). The van der Waals surface area contributed by atoms with Crippen molar-refractivity contribution in [3.8, 4) is 0 Å². The lowest BCUT2D eigenvalue weighted by molar-refractivity contribution is -0.134. The molecule has 1 atom stereocenters. The molecule has 4 heteroatoms. The molecule has 0 spiro atoms. The first kappa shape index (κ1) is 15.2. The zero-order chi connectivity index (χ0) is 15.1. The van der Waals surface area contributed by atoms with Gasteiger partial charge in [0.25, 0.3) is 0 Å². The van der Waals surface area contributed by atoms with Gasteiger partial charge in [-0.15, -0.1) is 0 Å². The fourth-order valence-electron chi connectivity index (χ4n) is 1.85. The van der Waals surface area contributed by atoms with E-state index >= 15 is 0 Å². The van der Waals surface area contributed by atoms with Crippen LogP contribution < -0.4 is 0 Å². The Morgan fingerprint density at radius 1 is 1.10 bits per heavy atom. The van der Waals surface area contributed by atoms with Gasteiger partial charge < -0.3 is 4.74 Å². The van der Waals surface area contributed by atoms with Crippen molar-refractivity contribution in [2.24, 2.45) is 0 Å². The Morgan fingerprint density at radius 3 is 2.48 bits per heavy atom. The molecule has 0 aliphatic carbocycles. The minimum atomic E-state index is -1.17. The van der Waals surface area contributed by atoms with Crippen LogP contribution in [0.25, 0.3) is 6.08 Å². The number of carbonyl (C=O) groups excluding carboxylic acids is 1. The van der Waals surface area contributed by atoms with E-state index in [1.54, 1.807) is 6.08 Å². The largest absolute Gasteiger partial charge is 0.466 e. The fourth-order valence-corrected chi connectivity index (χ4v) is 3.13. The molecular formula is C17H16O3S. The molecule has 0 heterocycles. The lowest BCUT2D eigenvalue weighted by Gasteiger charge is -2.06. The van der Waals surface area contributed by atoms with Gasteiger partial charge in [-0.05, 0) is 23.3 Å². The smallest absolute Gasteiger partial charge is 0.330 e. The Labute approximate surface area is 126 Å². The van der Waals surface area contributed by atoms with Crippen LogP contribution in [0.5, 0.6) is 0 Å². The maximum absolute atomic E-state index is 12.5. The molecule has 108 valence electrons. The van der Waals surface area contributed by atoms with E-state index in [0.717, 1.165) is 11.1 Å². The number of hydrogen-bond donors (Lipinski definition) is 0. The molecule has 0 saturated carbocycles. The summed E-state index contributed by atoms with van der Waals surface area (Å²) in [4.78, 5) is 11.9. The SMILES string of the molecule is COC(=O)/C=C/c1ccccc1[S@](=O)Cc1ccccc1. The van der Waals surface area contributed by atoms with Crippen molar-refractivity contribution in [2.45, 2.75) is 10.6 Å². The first-order chi connectivity index (χ1) is 10.2. The Kier molecular flexibility index (Phi) is 5.46. The van der Waals surface area contributed by atoms with Crippen molar-refractivity contribution in [3.05, 3.63) is 71.8 Å². The van der Waals surface area contributed by atoms with Crippen LogP contribution >= 0.6 is 0 Å². The summed E-state index contributed by atoms with van der Waals surface area (Å²) >= 11 is 0. The second-order valence-corrected chi connectivity index (χ2v) is 5.79. The molecule has 0 radical (unpaired) electrons. The van der Waals surface area contributed by atoms with Gasteiger partial charge in [0.2, 0.25) is 0 Å². The van der Waals surface area contributed by atoms with Crippen LogP contribution in [0, 0.1) is 0 Å². The number of benzene rings is 2. The molecule has 0 fully saturated rings. The van der Waals surface area contributed by atoms with Crippen molar-refractivity contribution in [3.63, 3.8) is 0 Å². The molecule has 0 N–H and O–H groups in total. The average molecular weight is 300 g/mol. The van der Waals surface area contributed by atoms with Crippen LogP contribution in [0.2, 0.25) is 0 Å². The minimum Gasteiger partial charge on any atom is -0.466 e. The van der Waals surface area contributed by atoms with E-state index in [1.807, 2.05) is 54.6 Å². The third-order valence-electron chi connectivity index (χ3n) is 2.91. The van der Waals surface area contributed by atoms with Gasteiger partial charge >= 0.3 is 5.97 Å². The highest BCUT2D eigenvalue weighted by molar-refractivity contribution is 7.84. The van der Waals surface area contributed by atoms with Gasteiger partial charge in [-0.25, -0.2) is 4.79 Å². The number of ether oxygens (including phenoxy) is 1.